The van der Waals surface area contributed by atoms with Crippen LogP contribution in [-0.2, 0) is 16.1 Å². The Labute approximate surface area is 201 Å². The standard InChI is InChI=1S/C25H32Cl2N2O3/c1-6-17(4)28-25(31)22(7-2)29(14-19-11-12-20(26)13-21(19)27)24(30)15-32-23-10-8-9-16(3)18(23)5/h8-13,17,22H,6-7,14-15H2,1-5H3,(H,28,31)/t17-,22-/m1/s1. The second kappa shape index (κ2) is 12.1. The molecule has 0 aromatic heterocycles. The number of halogens is 2. The van der Waals surface area contributed by atoms with Crippen molar-refractivity contribution in [2.24, 2.45) is 0 Å². The Balaban J connectivity index is 2.29. The molecule has 0 saturated heterocycles. The van der Waals surface area contributed by atoms with E-state index in [1.54, 1.807) is 18.2 Å². The van der Waals surface area contributed by atoms with Crippen molar-refractivity contribution in [3.05, 3.63) is 63.1 Å². The zero-order chi connectivity index (χ0) is 23.8. The van der Waals surface area contributed by atoms with Gasteiger partial charge in [-0.1, -0.05) is 55.2 Å². The van der Waals surface area contributed by atoms with Crippen LogP contribution < -0.4 is 10.1 Å². The summed E-state index contributed by atoms with van der Waals surface area (Å²) in [4.78, 5) is 27.8. The molecule has 0 saturated carbocycles. The summed E-state index contributed by atoms with van der Waals surface area (Å²) in [5, 5.41) is 3.95. The van der Waals surface area contributed by atoms with E-state index in [9.17, 15) is 9.59 Å². The van der Waals surface area contributed by atoms with Crippen LogP contribution in [0, 0.1) is 13.8 Å². The Morgan fingerprint density at radius 2 is 1.81 bits per heavy atom. The molecule has 0 bridgehead atoms. The van der Waals surface area contributed by atoms with Crippen LogP contribution in [0.3, 0.4) is 0 Å². The Bertz CT molecular complexity index is 949. The fourth-order valence-corrected chi connectivity index (χ4v) is 3.77. The molecule has 0 unspecified atom stereocenters. The molecule has 2 amide bonds. The second-order valence-corrected chi connectivity index (χ2v) is 8.83. The van der Waals surface area contributed by atoms with Gasteiger partial charge in [-0.25, -0.2) is 0 Å². The molecule has 0 radical (unpaired) electrons. The highest BCUT2D eigenvalue weighted by Crippen LogP contribution is 2.25. The first-order valence-corrected chi connectivity index (χ1v) is 11.7. The summed E-state index contributed by atoms with van der Waals surface area (Å²) in [6.45, 7) is 9.77. The maximum absolute atomic E-state index is 13.3. The minimum absolute atomic E-state index is 0.0128. The first-order valence-electron chi connectivity index (χ1n) is 10.9. The lowest BCUT2D eigenvalue weighted by molar-refractivity contribution is -0.143. The van der Waals surface area contributed by atoms with Crippen molar-refractivity contribution in [3.8, 4) is 5.75 Å². The fraction of sp³-hybridized carbons (Fsp3) is 0.440. The highest BCUT2D eigenvalue weighted by atomic mass is 35.5. The number of carbonyl (C=O) groups is 2. The average Bonchev–Trinajstić information content (AvgIpc) is 2.75. The summed E-state index contributed by atoms with van der Waals surface area (Å²) in [5.74, 6) is 0.176. The second-order valence-electron chi connectivity index (χ2n) is 7.99. The molecular formula is C25H32Cl2N2O3. The molecular weight excluding hydrogens is 447 g/mol. The molecule has 1 N–H and O–H groups in total. The van der Waals surface area contributed by atoms with Crippen LogP contribution in [0.25, 0.3) is 0 Å². The number of aryl methyl sites for hydroxylation is 1. The van der Waals surface area contributed by atoms with Gasteiger partial charge in [-0.05, 0) is 68.5 Å². The highest BCUT2D eigenvalue weighted by molar-refractivity contribution is 6.35. The molecule has 5 nitrogen and oxygen atoms in total. The minimum atomic E-state index is -0.648. The van der Waals surface area contributed by atoms with Gasteiger partial charge in [0.1, 0.15) is 11.8 Å². The predicted octanol–water partition coefficient (Wildman–Crippen LogP) is 5.71. The monoisotopic (exact) mass is 478 g/mol. The molecule has 0 aliphatic rings. The first kappa shape index (κ1) is 26.0. The summed E-state index contributed by atoms with van der Waals surface area (Å²) in [5.41, 5.74) is 2.78. The first-order chi connectivity index (χ1) is 15.2. The zero-order valence-corrected chi connectivity index (χ0v) is 20.9. The Kier molecular flexibility index (Phi) is 9.85. The minimum Gasteiger partial charge on any atom is -0.483 e. The average molecular weight is 479 g/mol. The van der Waals surface area contributed by atoms with Gasteiger partial charge in [-0.3, -0.25) is 9.59 Å². The maximum atomic E-state index is 13.3. The number of hydrogen-bond donors (Lipinski definition) is 1. The summed E-state index contributed by atoms with van der Waals surface area (Å²) in [6, 6.07) is 10.2. The van der Waals surface area contributed by atoms with E-state index in [-0.39, 0.29) is 31.0 Å². The van der Waals surface area contributed by atoms with Crippen molar-refractivity contribution < 1.29 is 14.3 Å². The molecule has 2 rings (SSSR count). The lowest BCUT2D eigenvalue weighted by atomic mass is 10.1. The normalized spacial score (nSPS) is 12.7. The van der Waals surface area contributed by atoms with Crippen molar-refractivity contribution in [1.29, 1.82) is 0 Å². The van der Waals surface area contributed by atoms with Gasteiger partial charge in [-0.2, -0.15) is 0 Å². The number of ether oxygens (including phenoxy) is 1. The number of nitrogens with zero attached hydrogens (tertiary/aromatic N) is 1. The van der Waals surface area contributed by atoms with Crippen LogP contribution in [-0.4, -0.2) is 35.4 Å². The van der Waals surface area contributed by atoms with Crippen LogP contribution in [0.4, 0.5) is 0 Å². The third-order valence-electron chi connectivity index (χ3n) is 5.65. The quantitative estimate of drug-likeness (QED) is 0.475. The molecule has 0 aliphatic carbocycles. The van der Waals surface area contributed by atoms with E-state index < -0.39 is 6.04 Å². The molecule has 0 heterocycles. The lowest BCUT2D eigenvalue weighted by Crippen LogP contribution is -2.51. The number of benzene rings is 2. The van der Waals surface area contributed by atoms with Crippen molar-refractivity contribution in [2.75, 3.05) is 6.61 Å². The van der Waals surface area contributed by atoms with E-state index >= 15 is 0 Å². The van der Waals surface area contributed by atoms with Gasteiger partial charge in [0.25, 0.3) is 5.91 Å². The lowest BCUT2D eigenvalue weighted by Gasteiger charge is -2.31. The maximum Gasteiger partial charge on any atom is 0.261 e. The number of amides is 2. The van der Waals surface area contributed by atoms with Gasteiger partial charge < -0.3 is 15.0 Å². The number of hydrogen-bond acceptors (Lipinski definition) is 3. The van der Waals surface area contributed by atoms with Crippen molar-refractivity contribution in [3.63, 3.8) is 0 Å². The van der Waals surface area contributed by atoms with Gasteiger partial charge in [0, 0.05) is 22.6 Å². The van der Waals surface area contributed by atoms with Crippen molar-refractivity contribution >= 4 is 35.0 Å². The van der Waals surface area contributed by atoms with Crippen LogP contribution in [0.1, 0.15) is 50.3 Å². The van der Waals surface area contributed by atoms with Crippen molar-refractivity contribution in [1.82, 2.24) is 10.2 Å². The number of carbonyl (C=O) groups excluding carboxylic acids is 2. The summed E-state index contributed by atoms with van der Waals surface area (Å²) >= 11 is 12.4. The third-order valence-corrected chi connectivity index (χ3v) is 6.24. The van der Waals surface area contributed by atoms with Crippen LogP contribution >= 0.6 is 23.2 Å². The number of rotatable bonds is 10. The predicted molar refractivity (Wildman–Crippen MR) is 130 cm³/mol. The van der Waals surface area contributed by atoms with E-state index in [2.05, 4.69) is 5.32 Å². The largest absolute Gasteiger partial charge is 0.483 e. The third kappa shape index (κ3) is 6.88. The fourth-order valence-electron chi connectivity index (χ4n) is 3.30. The molecule has 2 aromatic rings. The molecule has 7 heteroatoms. The van der Waals surface area contributed by atoms with Gasteiger partial charge in [-0.15, -0.1) is 0 Å². The summed E-state index contributed by atoms with van der Waals surface area (Å²) in [7, 11) is 0. The SMILES string of the molecule is CC[C@@H](C)NC(=O)[C@@H](CC)N(Cc1ccc(Cl)cc1Cl)C(=O)COc1cccc(C)c1C. The van der Waals surface area contributed by atoms with E-state index in [4.69, 9.17) is 27.9 Å². The zero-order valence-electron chi connectivity index (χ0n) is 19.4. The molecule has 2 atom stereocenters. The molecule has 174 valence electrons. The smallest absolute Gasteiger partial charge is 0.261 e. The molecule has 0 fully saturated rings. The van der Waals surface area contributed by atoms with E-state index in [1.165, 1.54) is 4.90 Å². The molecule has 2 aromatic carbocycles. The molecule has 0 aliphatic heterocycles. The Hall–Kier alpha value is -2.24. The highest BCUT2D eigenvalue weighted by Gasteiger charge is 2.30. The van der Waals surface area contributed by atoms with Crippen LogP contribution in [0.2, 0.25) is 10.0 Å². The van der Waals surface area contributed by atoms with E-state index in [0.717, 1.165) is 17.5 Å². The van der Waals surface area contributed by atoms with Crippen LogP contribution in [0.5, 0.6) is 5.75 Å². The molecule has 0 spiro atoms. The molecule has 32 heavy (non-hydrogen) atoms. The Morgan fingerprint density at radius 1 is 1.09 bits per heavy atom. The van der Waals surface area contributed by atoms with Gasteiger partial charge in [0.2, 0.25) is 5.91 Å². The van der Waals surface area contributed by atoms with E-state index in [0.29, 0.717) is 27.8 Å². The van der Waals surface area contributed by atoms with Gasteiger partial charge >= 0.3 is 0 Å². The van der Waals surface area contributed by atoms with Crippen molar-refractivity contribution in [2.45, 2.75) is 66.1 Å². The number of nitrogens with one attached hydrogen (secondary N) is 1. The van der Waals surface area contributed by atoms with Gasteiger partial charge in [0.05, 0.1) is 0 Å². The topological polar surface area (TPSA) is 58.6 Å². The van der Waals surface area contributed by atoms with Gasteiger partial charge in [0.15, 0.2) is 6.61 Å². The van der Waals surface area contributed by atoms with Crippen LogP contribution in [0.15, 0.2) is 36.4 Å². The Morgan fingerprint density at radius 3 is 2.44 bits per heavy atom. The summed E-state index contributed by atoms with van der Waals surface area (Å²) in [6.07, 6.45) is 1.26. The van der Waals surface area contributed by atoms with E-state index in [1.807, 2.05) is 52.8 Å². The summed E-state index contributed by atoms with van der Waals surface area (Å²) < 4.78 is 5.85.